The molecule has 1 aliphatic carbocycles. The summed E-state index contributed by atoms with van der Waals surface area (Å²) in [7, 11) is 4.74. The summed E-state index contributed by atoms with van der Waals surface area (Å²) in [6.07, 6.45) is 1.24. The van der Waals surface area contributed by atoms with Gasteiger partial charge in [-0.15, -0.1) is 0 Å². The zero-order chi connectivity index (χ0) is 54.2. The van der Waals surface area contributed by atoms with E-state index in [0.29, 0.717) is 87.3 Å². The molecule has 0 spiro atoms. The van der Waals surface area contributed by atoms with E-state index >= 15 is 0 Å². The minimum Gasteiger partial charge on any atom is -0.456 e. The lowest BCUT2D eigenvalue weighted by Gasteiger charge is -2.29. The summed E-state index contributed by atoms with van der Waals surface area (Å²) in [5.74, 6) is 0.350. The first kappa shape index (κ1) is 54.9. The van der Waals surface area contributed by atoms with E-state index in [4.69, 9.17) is 4.42 Å². The number of anilines is 1. The minimum atomic E-state index is -1.67. The molecule has 1 aliphatic heterocycles. The van der Waals surface area contributed by atoms with Crippen molar-refractivity contribution < 1.29 is 34.1 Å². The Balaban J connectivity index is 1.36. The van der Waals surface area contributed by atoms with Gasteiger partial charge in [0.15, 0.2) is 0 Å². The maximum absolute atomic E-state index is 12.6. The van der Waals surface area contributed by atoms with Crippen LogP contribution in [-0.4, -0.2) is 110 Å². The molecule has 0 saturated carbocycles. The first-order valence-corrected chi connectivity index (χ1v) is 25.8. The van der Waals surface area contributed by atoms with Crippen LogP contribution in [0.2, 0.25) is 0 Å². The largest absolute Gasteiger partial charge is 0.488 e. The highest BCUT2D eigenvalue weighted by Crippen LogP contribution is 2.44. The maximum Gasteiger partial charge on any atom is 0.488 e. The van der Waals surface area contributed by atoms with Crippen LogP contribution < -0.4 is 36.4 Å². The predicted octanol–water partition coefficient (Wildman–Crippen LogP) is 6.14. The number of carbonyl (C=O) groups is 2. The Bertz CT molecular complexity index is 3500. The summed E-state index contributed by atoms with van der Waals surface area (Å²) in [5.41, 5.74) is 10.2. The van der Waals surface area contributed by atoms with Crippen LogP contribution in [0.15, 0.2) is 156 Å². The van der Waals surface area contributed by atoms with Gasteiger partial charge in [-0.2, -0.15) is 0 Å². The first-order valence-electron chi connectivity index (χ1n) is 25.8. The molecule has 2 amide bonds. The molecule has 0 saturated heterocycles. The Morgan fingerprint density at radius 2 is 1.09 bits per heavy atom. The second kappa shape index (κ2) is 24.5. The fraction of sp³-hybridized carbons (Fsp3) is 0.262. The van der Waals surface area contributed by atoms with Gasteiger partial charge in [0, 0.05) is 112 Å². The van der Waals surface area contributed by atoms with Gasteiger partial charge in [0.25, 0.3) is 0 Å². The SMILES string of the molecule is C=C(C)C(=O)NCCCN(Cc1ccccc1B(O)O)Cc1c2ccccc2c(CN(CCCNC(=O)C(=C)C)Cc2ccccc2B(O)O)c2cc(-c3c4ccc(=[N+](C)C)cc-4oc4cc(N(C)C)ccc34)ccc12. The molecule has 0 unspecified atom stereocenters. The molecule has 0 aromatic heterocycles. The van der Waals surface area contributed by atoms with Gasteiger partial charge in [-0.05, 0) is 111 Å². The fourth-order valence-electron chi connectivity index (χ4n) is 10.1. The number of hydrogen-bond donors (Lipinski definition) is 6. The van der Waals surface area contributed by atoms with Gasteiger partial charge in [0.1, 0.15) is 25.4 Å². The van der Waals surface area contributed by atoms with Crippen molar-refractivity contribution in [2.75, 3.05) is 59.3 Å². The molecule has 0 fully saturated rings. The van der Waals surface area contributed by atoms with Crippen LogP contribution in [0.25, 0.3) is 55.0 Å². The van der Waals surface area contributed by atoms with Crippen LogP contribution in [0.3, 0.4) is 0 Å². The summed E-state index contributed by atoms with van der Waals surface area (Å²) >= 11 is 0. The number of benzene rings is 7. The molecule has 6 aromatic carbocycles. The summed E-state index contributed by atoms with van der Waals surface area (Å²) in [6.45, 7) is 14.7. The van der Waals surface area contributed by atoms with Crippen LogP contribution in [0.5, 0.6) is 0 Å². The monoisotopic (exact) mass is 1020 g/mol. The third-order valence-electron chi connectivity index (χ3n) is 14.1. The van der Waals surface area contributed by atoms with Crippen molar-refractivity contribution in [2.45, 2.75) is 52.9 Å². The number of nitrogens with zero attached hydrogens (tertiary/aromatic N) is 4. The normalized spacial score (nSPS) is 11.5. The lowest BCUT2D eigenvalue weighted by molar-refractivity contribution is -0.118. The molecule has 2 aliphatic rings. The number of rotatable bonds is 22. The van der Waals surface area contributed by atoms with Crippen molar-refractivity contribution in [3.05, 3.63) is 179 Å². The Hall–Kier alpha value is -7.36. The lowest BCUT2D eigenvalue weighted by atomic mass is 9.77. The average molecular weight is 1020 g/mol. The third kappa shape index (κ3) is 12.7. The Labute approximate surface area is 446 Å². The van der Waals surface area contributed by atoms with E-state index in [2.05, 4.69) is 122 Å². The second-order valence-electron chi connectivity index (χ2n) is 20.2. The van der Waals surface area contributed by atoms with E-state index in [1.807, 2.05) is 52.5 Å². The molecule has 0 atom stereocenters. The molecule has 0 bridgehead atoms. The van der Waals surface area contributed by atoms with E-state index in [9.17, 15) is 29.7 Å². The van der Waals surface area contributed by atoms with Crippen molar-refractivity contribution in [3.63, 3.8) is 0 Å². The smallest absolute Gasteiger partial charge is 0.456 e. The van der Waals surface area contributed by atoms with E-state index in [0.717, 1.165) is 88.3 Å². The minimum absolute atomic E-state index is 0.200. The van der Waals surface area contributed by atoms with E-state index in [-0.39, 0.29) is 11.8 Å². The molecule has 8 rings (SSSR count). The lowest BCUT2D eigenvalue weighted by Crippen LogP contribution is -2.36. The number of hydrogen-bond acceptors (Lipinski definition) is 10. The van der Waals surface area contributed by atoms with E-state index in [1.54, 1.807) is 38.1 Å². The average Bonchev–Trinajstić information content (AvgIpc) is 3.41. The van der Waals surface area contributed by atoms with E-state index in [1.165, 1.54) is 0 Å². The van der Waals surface area contributed by atoms with Crippen LogP contribution in [-0.2, 0) is 35.8 Å². The van der Waals surface area contributed by atoms with Crippen LogP contribution >= 0.6 is 0 Å². The number of nitrogens with one attached hydrogen (secondary N) is 2. The van der Waals surface area contributed by atoms with Crippen molar-refractivity contribution in [1.29, 1.82) is 0 Å². The van der Waals surface area contributed by atoms with Gasteiger partial charge in [-0.25, -0.2) is 4.58 Å². The molecule has 6 N–H and O–H groups in total. The highest BCUT2D eigenvalue weighted by Gasteiger charge is 2.25. The number of carbonyl (C=O) groups excluding carboxylic acids is 2. The topological polar surface area (TPSA) is 165 Å². The van der Waals surface area contributed by atoms with E-state index < -0.39 is 14.2 Å². The molecule has 1 heterocycles. The Morgan fingerprint density at radius 1 is 0.592 bits per heavy atom. The van der Waals surface area contributed by atoms with Gasteiger partial charge in [0.05, 0.1) is 6.07 Å². The van der Waals surface area contributed by atoms with Gasteiger partial charge < -0.3 is 40.0 Å². The van der Waals surface area contributed by atoms with Crippen molar-refractivity contribution in [3.8, 4) is 22.5 Å². The molecule has 13 nitrogen and oxygen atoms in total. The number of amides is 2. The Kier molecular flexibility index (Phi) is 17.7. The van der Waals surface area contributed by atoms with Gasteiger partial charge in [0.2, 0.25) is 17.2 Å². The van der Waals surface area contributed by atoms with Gasteiger partial charge in [-0.3, -0.25) is 19.4 Å². The fourth-order valence-corrected chi connectivity index (χ4v) is 10.1. The molecule has 76 heavy (non-hydrogen) atoms. The first-order chi connectivity index (χ1) is 36.5. The maximum atomic E-state index is 12.6. The second-order valence-corrected chi connectivity index (χ2v) is 20.2. The summed E-state index contributed by atoms with van der Waals surface area (Å²) in [4.78, 5) is 31.9. The molecule has 0 radical (unpaired) electrons. The van der Waals surface area contributed by atoms with Crippen molar-refractivity contribution in [1.82, 2.24) is 25.0 Å². The zero-order valence-corrected chi connectivity index (χ0v) is 44.6. The number of fused-ring (bicyclic) bond motifs is 4. The van der Waals surface area contributed by atoms with Crippen LogP contribution in [0, 0.1) is 0 Å². The quantitative estimate of drug-likeness (QED) is 0.0153. The molecule has 390 valence electrons. The van der Waals surface area contributed by atoms with Gasteiger partial charge >= 0.3 is 14.2 Å². The summed E-state index contributed by atoms with van der Waals surface area (Å²) in [5, 5.41) is 54.3. The summed E-state index contributed by atoms with van der Waals surface area (Å²) in [6, 6.07) is 42.6. The van der Waals surface area contributed by atoms with Crippen molar-refractivity contribution in [2.24, 2.45) is 0 Å². The standard InChI is InChI=1S/C61H68B2N6O7/c1-40(2)60(70)64-29-15-31-68(36-43-17-9-13-21-55(43)62(72)73)38-53-47-19-11-12-20-48(47)54(39-69(32-16-30-65-61(71)41(3)4)37-44-18-10-14-22-56(44)63(74)75)52-33-42(23-26-49(52)53)59-50-27-24-45(66(5)6)34-57(50)76-58-35-46(67(7)8)25-28-51(58)59/h9-14,17-28,33-35,72-75H,1,3,15-16,29-32,36-39H2,2,4-8H3,(H-,64,65,70,71)/p+1. The Morgan fingerprint density at radius 3 is 1.61 bits per heavy atom. The third-order valence-corrected chi connectivity index (χ3v) is 14.1. The predicted molar refractivity (Wildman–Crippen MR) is 310 cm³/mol. The summed E-state index contributed by atoms with van der Waals surface area (Å²) < 4.78 is 8.84. The zero-order valence-electron chi connectivity index (χ0n) is 44.6. The molecule has 6 aromatic rings. The van der Waals surface area contributed by atoms with Crippen molar-refractivity contribution >= 4 is 75.2 Å². The molecular formula is C61H69B2N6O7+. The van der Waals surface area contributed by atoms with Crippen LogP contribution in [0.4, 0.5) is 5.69 Å². The van der Waals surface area contributed by atoms with Gasteiger partial charge in [-0.1, -0.05) is 98.1 Å². The highest BCUT2D eigenvalue weighted by atomic mass is 16.4. The molecule has 15 heteroatoms. The molecular weight excluding hydrogens is 950 g/mol. The van der Waals surface area contributed by atoms with Crippen LogP contribution in [0.1, 0.15) is 48.9 Å². The highest BCUT2D eigenvalue weighted by molar-refractivity contribution is 6.59.